The van der Waals surface area contributed by atoms with Gasteiger partial charge in [0.15, 0.2) is 0 Å². The molecule has 1 amide bonds. The van der Waals surface area contributed by atoms with E-state index in [1.54, 1.807) is 0 Å². The predicted molar refractivity (Wildman–Crippen MR) is 43.2 cm³/mol. The number of carbonyl (C=O) groups excluding carboxylic acids is 2. The molecular formula is C8H15NO2. The van der Waals surface area contributed by atoms with Crippen molar-refractivity contribution in [1.29, 1.82) is 0 Å². The highest BCUT2D eigenvalue weighted by molar-refractivity contribution is 5.96. The molecule has 1 N–H and O–H groups in total. The smallest absolute Gasteiger partial charge is 0.227 e. The standard InChI is InChI=1S/C8H15NO2/c1-4-6(2)9-8(11)5-7(3)10/h6H,4-5H2,1-3H3,(H,9,11)/t6-/m1/s1. The second-order valence-electron chi connectivity index (χ2n) is 2.76. The lowest BCUT2D eigenvalue weighted by Gasteiger charge is -2.09. The Balaban J connectivity index is 3.60. The molecule has 0 unspecified atom stereocenters. The molecule has 0 bridgehead atoms. The first-order valence-corrected chi connectivity index (χ1v) is 3.85. The number of rotatable bonds is 4. The van der Waals surface area contributed by atoms with Crippen molar-refractivity contribution in [1.82, 2.24) is 5.32 Å². The average molecular weight is 157 g/mol. The summed E-state index contributed by atoms with van der Waals surface area (Å²) in [5.41, 5.74) is 0. The summed E-state index contributed by atoms with van der Waals surface area (Å²) in [5.74, 6) is -0.266. The topological polar surface area (TPSA) is 46.2 Å². The van der Waals surface area contributed by atoms with E-state index in [2.05, 4.69) is 5.32 Å². The maximum atomic E-state index is 10.9. The number of hydrogen-bond acceptors (Lipinski definition) is 2. The van der Waals surface area contributed by atoms with Gasteiger partial charge in [-0.05, 0) is 20.3 Å². The summed E-state index contributed by atoms with van der Waals surface area (Å²) in [5, 5.41) is 2.70. The van der Waals surface area contributed by atoms with Gasteiger partial charge in [-0.3, -0.25) is 9.59 Å². The van der Waals surface area contributed by atoms with Crippen LogP contribution in [0.5, 0.6) is 0 Å². The van der Waals surface area contributed by atoms with Gasteiger partial charge >= 0.3 is 0 Å². The van der Waals surface area contributed by atoms with Crippen molar-refractivity contribution in [2.24, 2.45) is 0 Å². The molecule has 0 spiro atoms. The molecular weight excluding hydrogens is 142 g/mol. The summed E-state index contributed by atoms with van der Waals surface area (Å²) in [4.78, 5) is 21.4. The van der Waals surface area contributed by atoms with Gasteiger partial charge in [0.1, 0.15) is 5.78 Å². The molecule has 64 valence electrons. The number of nitrogens with one attached hydrogen (secondary N) is 1. The summed E-state index contributed by atoms with van der Waals surface area (Å²) >= 11 is 0. The minimum atomic E-state index is -0.174. The van der Waals surface area contributed by atoms with Crippen LogP contribution in [0, 0.1) is 0 Å². The molecule has 0 aliphatic carbocycles. The van der Waals surface area contributed by atoms with E-state index in [1.165, 1.54) is 6.92 Å². The predicted octanol–water partition coefficient (Wildman–Crippen LogP) is 0.880. The van der Waals surface area contributed by atoms with Gasteiger partial charge < -0.3 is 5.32 Å². The van der Waals surface area contributed by atoms with E-state index < -0.39 is 0 Å². The number of carbonyl (C=O) groups is 2. The molecule has 0 heterocycles. The summed E-state index contributed by atoms with van der Waals surface area (Å²) < 4.78 is 0. The summed E-state index contributed by atoms with van der Waals surface area (Å²) in [6.45, 7) is 5.31. The molecule has 0 aliphatic heterocycles. The van der Waals surface area contributed by atoms with Crippen LogP contribution < -0.4 is 5.32 Å². The number of ketones is 1. The third-order valence-electron chi connectivity index (χ3n) is 1.43. The van der Waals surface area contributed by atoms with Crippen molar-refractivity contribution in [3.8, 4) is 0 Å². The molecule has 1 atom stereocenters. The molecule has 0 aromatic heterocycles. The van der Waals surface area contributed by atoms with E-state index in [9.17, 15) is 9.59 Å². The van der Waals surface area contributed by atoms with Gasteiger partial charge in [0.05, 0.1) is 6.42 Å². The molecule has 0 rings (SSSR count). The molecule has 0 aromatic rings. The quantitative estimate of drug-likeness (QED) is 0.616. The minimum absolute atomic E-state index is 0.00431. The van der Waals surface area contributed by atoms with Crippen LogP contribution in [0.1, 0.15) is 33.6 Å². The van der Waals surface area contributed by atoms with Gasteiger partial charge in [0, 0.05) is 6.04 Å². The Bertz CT molecular complexity index is 154. The van der Waals surface area contributed by atoms with Crippen LogP contribution in [0.3, 0.4) is 0 Å². The van der Waals surface area contributed by atoms with Crippen LogP contribution >= 0.6 is 0 Å². The van der Waals surface area contributed by atoms with Crippen LogP contribution in [0.4, 0.5) is 0 Å². The lowest BCUT2D eigenvalue weighted by Crippen LogP contribution is -2.32. The van der Waals surface area contributed by atoms with Crippen LogP contribution in [-0.4, -0.2) is 17.7 Å². The molecule has 11 heavy (non-hydrogen) atoms. The Labute approximate surface area is 67.2 Å². The first-order valence-electron chi connectivity index (χ1n) is 3.85. The second kappa shape index (κ2) is 4.88. The van der Waals surface area contributed by atoms with Gasteiger partial charge in [0.25, 0.3) is 0 Å². The number of amides is 1. The zero-order chi connectivity index (χ0) is 8.85. The van der Waals surface area contributed by atoms with Gasteiger partial charge in [-0.2, -0.15) is 0 Å². The Morgan fingerprint density at radius 2 is 2.00 bits per heavy atom. The molecule has 0 aromatic carbocycles. The molecule has 0 aliphatic rings. The summed E-state index contributed by atoms with van der Waals surface area (Å²) in [6, 6.07) is 0.168. The highest BCUT2D eigenvalue weighted by Gasteiger charge is 2.06. The summed E-state index contributed by atoms with van der Waals surface area (Å²) in [6.07, 6.45) is 0.897. The van der Waals surface area contributed by atoms with Crippen LogP contribution in [0.2, 0.25) is 0 Å². The van der Waals surface area contributed by atoms with Crippen molar-refractivity contribution < 1.29 is 9.59 Å². The SMILES string of the molecule is CC[C@@H](C)NC(=O)CC(C)=O. The zero-order valence-corrected chi connectivity index (χ0v) is 7.31. The van der Waals surface area contributed by atoms with Crippen molar-refractivity contribution >= 4 is 11.7 Å². The van der Waals surface area contributed by atoms with Gasteiger partial charge in [-0.25, -0.2) is 0 Å². The normalized spacial score (nSPS) is 12.3. The first kappa shape index (κ1) is 10.1. The first-order chi connectivity index (χ1) is 5.06. The van der Waals surface area contributed by atoms with E-state index in [1.807, 2.05) is 13.8 Å². The molecule has 0 saturated heterocycles. The third kappa shape index (κ3) is 5.58. The maximum Gasteiger partial charge on any atom is 0.227 e. The Hall–Kier alpha value is -0.860. The van der Waals surface area contributed by atoms with Gasteiger partial charge in [-0.1, -0.05) is 6.92 Å². The molecule has 3 heteroatoms. The van der Waals surface area contributed by atoms with E-state index in [0.29, 0.717) is 0 Å². The highest BCUT2D eigenvalue weighted by atomic mass is 16.2. The molecule has 0 radical (unpaired) electrons. The fourth-order valence-electron chi connectivity index (χ4n) is 0.654. The van der Waals surface area contributed by atoms with Crippen molar-refractivity contribution in [3.05, 3.63) is 0 Å². The third-order valence-corrected chi connectivity index (χ3v) is 1.43. The largest absolute Gasteiger partial charge is 0.353 e. The fourth-order valence-corrected chi connectivity index (χ4v) is 0.654. The highest BCUT2D eigenvalue weighted by Crippen LogP contribution is 1.89. The molecule has 3 nitrogen and oxygen atoms in total. The molecule has 0 saturated carbocycles. The Morgan fingerprint density at radius 1 is 1.45 bits per heavy atom. The van der Waals surface area contributed by atoms with Gasteiger partial charge in [0.2, 0.25) is 5.91 Å². The van der Waals surface area contributed by atoms with Crippen molar-refractivity contribution in [3.63, 3.8) is 0 Å². The fraction of sp³-hybridized carbons (Fsp3) is 0.750. The van der Waals surface area contributed by atoms with Crippen LogP contribution in [0.15, 0.2) is 0 Å². The minimum Gasteiger partial charge on any atom is -0.353 e. The second-order valence-corrected chi connectivity index (χ2v) is 2.76. The summed E-state index contributed by atoms with van der Waals surface area (Å²) in [7, 11) is 0. The van der Waals surface area contributed by atoms with Crippen LogP contribution in [-0.2, 0) is 9.59 Å². The average Bonchev–Trinajstić information content (AvgIpc) is 1.85. The number of hydrogen-bond donors (Lipinski definition) is 1. The Morgan fingerprint density at radius 3 is 2.36 bits per heavy atom. The number of Topliss-reactive ketones (excluding diaryl/α,β-unsaturated/α-hetero) is 1. The van der Waals surface area contributed by atoms with E-state index >= 15 is 0 Å². The van der Waals surface area contributed by atoms with Crippen molar-refractivity contribution in [2.75, 3.05) is 0 Å². The lowest BCUT2D eigenvalue weighted by atomic mass is 10.2. The molecule has 0 fully saturated rings. The van der Waals surface area contributed by atoms with Crippen molar-refractivity contribution in [2.45, 2.75) is 39.7 Å². The van der Waals surface area contributed by atoms with E-state index in [-0.39, 0.29) is 24.2 Å². The van der Waals surface area contributed by atoms with Gasteiger partial charge in [-0.15, -0.1) is 0 Å². The Kier molecular flexibility index (Phi) is 4.50. The van der Waals surface area contributed by atoms with E-state index in [4.69, 9.17) is 0 Å². The zero-order valence-electron chi connectivity index (χ0n) is 7.31. The lowest BCUT2D eigenvalue weighted by molar-refractivity contribution is -0.127. The van der Waals surface area contributed by atoms with Crippen LogP contribution in [0.25, 0.3) is 0 Å². The maximum absolute atomic E-state index is 10.9. The van der Waals surface area contributed by atoms with E-state index in [0.717, 1.165) is 6.42 Å². The monoisotopic (exact) mass is 157 g/mol.